The molecular weight excluding hydrogens is 305 g/mol. The third-order valence-electron chi connectivity index (χ3n) is 4.27. The number of carbonyl (C=O) groups excluding carboxylic acids is 1. The fraction of sp³-hybridized carbons (Fsp3) is 0.368. The Labute approximate surface area is 141 Å². The molecule has 2 heterocycles. The Bertz CT molecular complexity index is 679. The monoisotopic (exact) mass is 327 g/mol. The van der Waals surface area contributed by atoms with Crippen molar-refractivity contribution < 1.29 is 9.18 Å². The number of rotatable bonds is 4. The molecule has 5 heteroatoms. The van der Waals surface area contributed by atoms with Crippen molar-refractivity contribution in [3.8, 4) is 0 Å². The Kier molecular flexibility index (Phi) is 5.41. The number of anilines is 2. The van der Waals surface area contributed by atoms with Gasteiger partial charge in [0.15, 0.2) is 0 Å². The van der Waals surface area contributed by atoms with Crippen molar-refractivity contribution in [2.24, 2.45) is 0 Å². The zero-order chi connectivity index (χ0) is 16.8. The van der Waals surface area contributed by atoms with E-state index in [4.69, 9.17) is 0 Å². The van der Waals surface area contributed by atoms with Crippen LogP contribution in [0.3, 0.4) is 0 Å². The normalized spacial score (nSPS) is 15.0. The van der Waals surface area contributed by atoms with Crippen LogP contribution in [0.4, 0.5) is 15.9 Å². The van der Waals surface area contributed by atoms with Gasteiger partial charge in [-0.3, -0.25) is 4.79 Å². The Hall–Kier alpha value is -2.43. The Morgan fingerprint density at radius 1 is 1.08 bits per heavy atom. The summed E-state index contributed by atoms with van der Waals surface area (Å²) in [6.07, 6.45) is 6.63. The van der Waals surface area contributed by atoms with Gasteiger partial charge in [0, 0.05) is 13.1 Å². The molecule has 0 bridgehead atoms. The van der Waals surface area contributed by atoms with E-state index in [2.05, 4.69) is 15.2 Å². The van der Waals surface area contributed by atoms with Crippen molar-refractivity contribution in [2.75, 3.05) is 23.3 Å². The van der Waals surface area contributed by atoms with E-state index in [-0.39, 0.29) is 18.1 Å². The van der Waals surface area contributed by atoms with Crippen molar-refractivity contribution in [3.63, 3.8) is 0 Å². The van der Waals surface area contributed by atoms with Gasteiger partial charge in [0.2, 0.25) is 5.91 Å². The second-order valence-electron chi connectivity index (χ2n) is 6.12. The number of aromatic nitrogens is 1. The molecule has 0 spiro atoms. The van der Waals surface area contributed by atoms with Gasteiger partial charge in [-0.15, -0.1) is 0 Å². The highest BCUT2D eigenvalue weighted by Crippen LogP contribution is 2.19. The minimum absolute atomic E-state index is 0.0144. The van der Waals surface area contributed by atoms with Crippen molar-refractivity contribution in [3.05, 3.63) is 54.0 Å². The molecule has 1 aliphatic rings. The lowest BCUT2D eigenvalue weighted by Gasteiger charge is -2.21. The van der Waals surface area contributed by atoms with Crippen LogP contribution in [-0.4, -0.2) is 24.0 Å². The van der Waals surface area contributed by atoms with E-state index in [0.29, 0.717) is 11.3 Å². The first-order valence-corrected chi connectivity index (χ1v) is 8.46. The summed E-state index contributed by atoms with van der Waals surface area (Å²) in [5, 5.41) is 2.77. The van der Waals surface area contributed by atoms with Gasteiger partial charge in [-0.05, 0) is 36.6 Å². The molecule has 1 saturated heterocycles. The van der Waals surface area contributed by atoms with E-state index in [1.165, 1.54) is 31.7 Å². The topological polar surface area (TPSA) is 45.2 Å². The number of pyridine rings is 1. The van der Waals surface area contributed by atoms with Crippen LogP contribution < -0.4 is 10.2 Å². The fourth-order valence-electron chi connectivity index (χ4n) is 2.97. The van der Waals surface area contributed by atoms with Crippen LogP contribution in [0.1, 0.15) is 31.2 Å². The number of hydrogen-bond acceptors (Lipinski definition) is 3. The van der Waals surface area contributed by atoms with Gasteiger partial charge in [0.25, 0.3) is 0 Å². The first-order valence-electron chi connectivity index (χ1n) is 8.46. The number of halogens is 1. The van der Waals surface area contributed by atoms with Crippen molar-refractivity contribution in [1.29, 1.82) is 0 Å². The zero-order valence-electron chi connectivity index (χ0n) is 13.7. The summed E-state index contributed by atoms with van der Waals surface area (Å²) >= 11 is 0. The summed E-state index contributed by atoms with van der Waals surface area (Å²) in [7, 11) is 0. The molecule has 1 aromatic heterocycles. The second kappa shape index (κ2) is 7.90. The summed E-state index contributed by atoms with van der Waals surface area (Å²) < 4.78 is 13.6. The third kappa shape index (κ3) is 4.31. The number of amides is 1. The van der Waals surface area contributed by atoms with Gasteiger partial charge in [0.1, 0.15) is 11.6 Å². The van der Waals surface area contributed by atoms with E-state index < -0.39 is 0 Å². The summed E-state index contributed by atoms with van der Waals surface area (Å²) in [4.78, 5) is 18.8. The Balaban J connectivity index is 1.59. The summed E-state index contributed by atoms with van der Waals surface area (Å²) in [5.74, 6) is 0.343. The third-order valence-corrected chi connectivity index (χ3v) is 4.27. The smallest absolute Gasteiger partial charge is 0.228 e. The molecular formula is C19H22FN3O. The standard InChI is InChI=1S/C19H22FN3O/c20-17-8-4-3-7-15(17)13-19(24)22-16-9-10-18(21-14-16)23-11-5-1-2-6-12-23/h3-4,7-10,14H,1-2,5-6,11-13H2,(H,22,24). The van der Waals surface area contributed by atoms with Crippen LogP contribution in [0.15, 0.2) is 42.6 Å². The maximum Gasteiger partial charge on any atom is 0.228 e. The minimum Gasteiger partial charge on any atom is -0.357 e. The number of nitrogens with zero attached hydrogens (tertiary/aromatic N) is 2. The predicted molar refractivity (Wildman–Crippen MR) is 93.7 cm³/mol. The highest BCUT2D eigenvalue weighted by molar-refractivity contribution is 5.92. The number of hydrogen-bond donors (Lipinski definition) is 1. The lowest BCUT2D eigenvalue weighted by molar-refractivity contribution is -0.115. The molecule has 1 aromatic carbocycles. The van der Waals surface area contributed by atoms with Crippen molar-refractivity contribution >= 4 is 17.4 Å². The van der Waals surface area contributed by atoms with E-state index in [0.717, 1.165) is 18.9 Å². The van der Waals surface area contributed by atoms with Gasteiger partial charge in [0.05, 0.1) is 18.3 Å². The predicted octanol–water partition coefficient (Wildman–Crippen LogP) is 3.78. The van der Waals surface area contributed by atoms with Crippen LogP contribution in [0, 0.1) is 5.82 Å². The highest BCUT2D eigenvalue weighted by Gasteiger charge is 2.12. The Morgan fingerprint density at radius 3 is 2.50 bits per heavy atom. The number of carbonyl (C=O) groups is 1. The van der Waals surface area contributed by atoms with Crippen LogP contribution in [0.2, 0.25) is 0 Å². The lowest BCUT2D eigenvalue weighted by Crippen LogP contribution is -2.24. The quantitative estimate of drug-likeness (QED) is 0.929. The molecule has 4 nitrogen and oxygen atoms in total. The van der Waals surface area contributed by atoms with Crippen LogP contribution in [0.5, 0.6) is 0 Å². The molecule has 1 fully saturated rings. The molecule has 1 aliphatic heterocycles. The summed E-state index contributed by atoms with van der Waals surface area (Å²) in [6.45, 7) is 2.07. The molecule has 1 N–H and O–H groups in total. The van der Waals surface area contributed by atoms with Gasteiger partial charge in [-0.1, -0.05) is 31.0 Å². The summed E-state index contributed by atoms with van der Waals surface area (Å²) in [6, 6.07) is 10.1. The van der Waals surface area contributed by atoms with E-state index in [9.17, 15) is 9.18 Å². The van der Waals surface area contributed by atoms with E-state index in [1.54, 1.807) is 24.4 Å². The zero-order valence-corrected chi connectivity index (χ0v) is 13.7. The minimum atomic E-state index is -0.359. The molecule has 3 rings (SSSR count). The molecule has 0 radical (unpaired) electrons. The highest BCUT2D eigenvalue weighted by atomic mass is 19.1. The van der Waals surface area contributed by atoms with E-state index >= 15 is 0 Å². The van der Waals surface area contributed by atoms with Gasteiger partial charge in [-0.25, -0.2) is 9.37 Å². The number of benzene rings is 1. The maximum absolute atomic E-state index is 13.6. The molecule has 0 saturated carbocycles. The molecule has 1 amide bonds. The van der Waals surface area contributed by atoms with Crippen LogP contribution >= 0.6 is 0 Å². The molecule has 126 valence electrons. The fourth-order valence-corrected chi connectivity index (χ4v) is 2.97. The Morgan fingerprint density at radius 2 is 1.83 bits per heavy atom. The van der Waals surface area contributed by atoms with Gasteiger partial charge >= 0.3 is 0 Å². The molecule has 0 aliphatic carbocycles. The number of nitrogens with one attached hydrogen (secondary N) is 1. The molecule has 24 heavy (non-hydrogen) atoms. The van der Waals surface area contributed by atoms with Crippen LogP contribution in [0.25, 0.3) is 0 Å². The van der Waals surface area contributed by atoms with Crippen LogP contribution in [-0.2, 0) is 11.2 Å². The van der Waals surface area contributed by atoms with Gasteiger partial charge in [-0.2, -0.15) is 0 Å². The maximum atomic E-state index is 13.6. The average molecular weight is 327 g/mol. The van der Waals surface area contributed by atoms with Crippen molar-refractivity contribution in [2.45, 2.75) is 32.1 Å². The van der Waals surface area contributed by atoms with Gasteiger partial charge < -0.3 is 10.2 Å². The lowest BCUT2D eigenvalue weighted by atomic mass is 10.1. The van der Waals surface area contributed by atoms with Crippen molar-refractivity contribution in [1.82, 2.24) is 4.98 Å². The molecule has 0 unspecified atom stereocenters. The largest absolute Gasteiger partial charge is 0.357 e. The molecule has 2 aromatic rings. The first-order chi connectivity index (χ1) is 11.7. The summed E-state index contributed by atoms with van der Waals surface area (Å²) in [5.41, 5.74) is 1.03. The SMILES string of the molecule is O=C(Cc1ccccc1F)Nc1ccc(N2CCCCCC2)nc1. The first kappa shape index (κ1) is 16.4. The molecule has 0 atom stereocenters. The average Bonchev–Trinajstić information content (AvgIpc) is 2.87. The second-order valence-corrected chi connectivity index (χ2v) is 6.12. The van der Waals surface area contributed by atoms with E-state index in [1.807, 2.05) is 12.1 Å².